The summed E-state index contributed by atoms with van der Waals surface area (Å²) in [6, 6.07) is 1.60. The molecule has 0 saturated heterocycles. The molecule has 1 heterocycles. The number of hydrogen-bond donors (Lipinski definition) is 2. The number of hydrogen-bond acceptors (Lipinski definition) is 4. The Balaban J connectivity index is 2.41. The third kappa shape index (κ3) is 3.90. The SMILES string of the molecule is COc1cc(CNCC(O)C(F)(F)F)nn1C. The number of aliphatic hydroxyl groups excluding tert-OH is 1. The highest BCUT2D eigenvalue weighted by Gasteiger charge is 2.37. The fraction of sp³-hybridized carbons (Fsp3) is 0.667. The Morgan fingerprint density at radius 3 is 2.71 bits per heavy atom. The maximum atomic E-state index is 12.0. The molecule has 0 aromatic carbocycles. The standard InChI is InChI=1S/C9H14F3N3O2/c1-15-8(17-2)3-6(14-15)4-13-5-7(16)9(10,11)12/h3,7,13,16H,4-5H2,1-2H3. The second-order valence-corrected chi connectivity index (χ2v) is 3.49. The zero-order valence-corrected chi connectivity index (χ0v) is 9.45. The number of aliphatic hydroxyl groups is 1. The van der Waals surface area contributed by atoms with E-state index in [2.05, 4.69) is 10.4 Å². The predicted molar refractivity (Wildman–Crippen MR) is 53.5 cm³/mol. The van der Waals surface area contributed by atoms with Gasteiger partial charge in [-0.1, -0.05) is 0 Å². The monoisotopic (exact) mass is 253 g/mol. The summed E-state index contributed by atoms with van der Waals surface area (Å²) in [5.74, 6) is 0.512. The van der Waals surface area contributed by atoms with Crippen LogP contribution in [0.5, 0.6) is 5.88 Å². The first kappa shape index (κ1) is 13.8. The molecule has 17 heavy (non-hydrogen) atoms. The van der Waals surface area contributed by atoms with Crippen LogP contribution in [-0.4, -0.2) is 40.8 Å². The Bertz CT molecular complexity index is 365. The van der Waals surface area contributed by atoms with E-state index in [-0.39, 0.29) is 6.54 Å². The summed E-state index contributed by atoms with van der Waals surface area (Å²) < 4.78 is 42.3. The number of nitrogens with one attached hydrogen (secondary N) is 1. The lowest BCUT2D eigenvalue weighted by Gasteiger charge is -2.14. The molecular weight excluding hydrogens is 239 g/mol. The lowest BCUT2D eigenvalue weighted by molar-refractivity contribution is -0.201. The van der Waals surface area contributed by atoms with Gasteiger partial charge >= 0.3 is 6.18 Å². The van der Waals surface area contributed by atoms with Crippen LogP contribution in [-0.2, 0) is 13.6 Å². The molecule has 0 spiro atoms. The van der Waals surface area contributed by atoms with Crippen molar-refractivity contribution in [3.8, 4) is 5.88 Å². The largest absolute Gasteiger partial charge is 0.481 e. The van der Waals surface area contributed by atoms with E-state index in [0.717, 1.165) is 0 Å². The van der Waals surface area contributed by atoms with Crippen LogP contribution < -0.4 is 10.1 Å². The molecule has 1 unspecified atom stereocenters. The molecule has 0 aliphatic carbocycles. The van der Waals surface area contributed by atoms with Crippen LogP contribution in [0.15, 0.2) is 6.07 Å². The van der Waals surface area contributed by atoms with E-state index in [0.29, 0.717) is 11.6 Å². The van der Waals surface area contributed by atoms with Crippen LogP contribution in [0.25, 0.3) is 0 Å². The van der Waals surface area contributed by atoms with Gasteiger partial charge in [0.1, 0.15) is 0 Å². The van der Waals surface area contributed by atoms with Crippen molar-refractivity contribution in [3.05, 3.63) is 11.8 Å². The Hall–Kier alpha value is -1.28. The zero-order valence-electron chi connectivity index (χ0n) is 9.45. The van der Waals surface area contributed by atoms with Gasteiger partial charge < -0.3 is 15.2 Å². The third-order valence-corrected chi connectivity index (χ3v) is 2.12. The minimum atomic E-state index is -4.60. The molecule has 0 amide bonds. The molecule has 0 saturated carbocycles. The molecule has 1 rings (SSSR count). The molecule has 0 aliphatic rings. The van der Waals surface area contributed by atoms with E-state index < -0.39 is 18.8 Å². The van der Waals surface area contributed by atoms with Gasteiger partial charge in [0, 0.05) is 26.2 Å². The number of halogens is 3. The van der Waals surface area contributed by atoms with E-state index in [1.165, 1.54) is 11.8 Å². The fourth-order valence-electron chi connectivity index (χ4n) is 1.24. The van der Waals surface area contributed by atoms with E-state index in [4.69, 9.17) is 9.84 Å². The summed E-state index contributed by atoms with van der Waals surface area (Å²) in [5, 5.41) is 15.2. The third-order valence-electron chi connectivity index (χ3n) is 2.12. The first-order valence-electron chi connectivity index (χ1n) is 4.87. The van der Waals surface area contributed by atoms with E-state index in [1.54, 1.807) is 13.1 Å². The van der Waals surface area contributed by atoms with Gasteiger partial charge in [0.05, 0.1) is 12.8 Å². The highest BCUT2D eigenvalue weighted by molar-refractivity contribution is 5.15. The molecule has 98 valence electrons. The van der Waals surface area contributed by atoms with Crippen molar-refractivity contribution in [3.63, 3.8) is 0 Å². The normalized spacial score (nSPS) is 13.8. The number of rotatable bonds is 5. The van der Waals surface area contributed by atoms with Crippen LogP contribution in [0, 0.1) is 0 Å². The van der Waals surface area contributed by atoms with Crippen molar-refractivity contribution >= 4 is 0 Å². The van der Waals surface area contributed by atoms with Crippen molar-refractivity contribution in [2.24, 2.45) is 7.05 Å². The summed E-state index contributed by atoms with van der Waals surface area (Å²) in [6.45, 7) is -0.438. The Morgan fingerprint density at radius 1 is 1.59 bits per heavy atom. The molecule has 5 nitrogen and oxygen atoms in total. The van der Waals surface area contributed by atoms with Gasteiger partial charge in [0.2, 0.25) is 5.88 Å². The molecule has 1 atom stereocenters. The lowest BCUT2D eigenvalue weighted by Crippen LogP contribution is -2.38. The van der Waals surface area contributed by atoms with E-state index in [9.17, 15) is 13.2 Å². The zero-order chi connectivity index (χ0) is 13.1. The average Bonchev–Trinajstić information content (AvgIpc) is 2.57. The van der Waals surface area contributed by atoms with Gasteiger partial charge in [-0.05, 0) is 0 Å². The summed E-state index contributed by atoms with van der Waals surface area (Å²) in [7, 11) is 3.13. The highest BCUT2D eigenvalue weighted by atomic mass is 19.4. The Morgan fingerprint density at radius 2 is 2.24 bits per heavy atom. The van der Waals surface area contributed by atoms with Gasteiger partial charge in [-0.25, -0.2) is 4.68 Å². The Kier molecular flexibility index (Phi) is 4.35. The smallest absolute Gasteiger partial charge is 0.415 e. The van der Waals surface area contributed by atoms with Gasteiger partial charge in [-0.2, -0.15) is 18.3 Å². The second kappa shape index (κ2) is 5.37. The minimum Gasteiger partial charge on any atom is -0.481 e. The fourth-order valence-corrected chi connectivity index (χ4v) is 1.24. The molecule has 2 N–H and O–H groups in total. The number of ether oxygens (including phenoxy) is 1. The van der Waals surface area contributed by atoms with Crippen molar-refractivity contribution < 1.29 is 23.0 Å². The molecule has 0 radical (unpaired) electrons. The van der Waals surface area contributed by atoms with Gasteiger partial charge in [0.25, 0.3) is 0 Å². The molecular formula is C9H14F3N3O2. The van der Waals surface area contributed by atoms with Crippen molar-refractivity contribution in [1.29, 1.82) is 0 Å². The lowest BCUT2D eigenvalue weighted by atomic mass is 10.3. The summed E-state index contributed by atoms with van der Waals surface area (Å²) in [5.41, 5.74) is 0.540. The number of aromatic nitrogens is 2. The molecule has 0 bridgehead atoms. The van der Waals surface area contributed by atoms with Crippen LogP contribution in [0.4, 0.5) is 13.2 Å². The average molecular weight is 253 g/mol. The van der Waals surface area contributed by atoms with Crippen molar-refractivity contribution in [2.45, 2.75) is 18.8 Å². The van der Waals surface area contributed by atoms with E-state index >= 15 is 0 Å². The van der Waals surface area contributed by atoms with Crippen molar-refractivity contribution in [2.75, 3.05) is 13.7 Å². The van der Waals surface area contributed by atoms with E-state index in [1.807, 2.05) is 0 Å². The first-order chi connectivity index (χ1) is 7.84. The Labute approximate surface area is 96.2 Å². The van der Waals surface area contributed by atoms with Crippen LogP contribution in [0.2, 0.25) is 0 Å². The number of nitrogens with zero attached hydrogens (tertiary/aromatic N) is 2. The maximum Gasteiger partial charge on any atom is 0.415 e. The van der Waals surface area contributed by atoms with Crippen LogP contribution in [0.1, 0.15) is 5.69 Å². The van der Waals surface area contributed by atoms with Crippen LogP contribution >= 0.6 is 0 Å². The predicted octanol–water partition coefficient (Wildman–Crippen LogP) is 0.442. The number of alkyl halides is 3. The van der Waals surface area contributed by atoms with Crippen LogP contribution in [0.3, 0.4) is 0 Å². The maximum absolute atomic E-state index is 12.0. The topological polar surface area (TPSA) is 59.3 Å². The molecule has 1 aromatic rings. The van der Waals surface area contributed by atoms with Gasteiger partial charge in [-0.15, -0.1) is 0 Å². The highest BCUT2D eigenvalue weighted by Crippen LogP contribution is 2.19. The minimum absolute atomic E-state index is 0.129. The molecule has 0 fully saturated rings. The number of aryl methyl sites for hydroxylation is 1. The van der Waals surface area contributed by atoms with Gasteiger partial charge in [-0.3, -0.25) is 0 Å². The molecule has 1 aromatic heterocycles. The second-order valence-electron chi connectivity index (χ2n) is 3.49. The summed E-state index contributed by atoms with van der Waals surface area (Å²) in [6.07, 6.45) is -6.97. The summed E-state index contributed by atoms with van der Waals surface area (Å²) >= 11 is 0. The number of methoxy groups -OCH3 is 1. The van der Waals surface area contributed by atoms with Crippen molar-refractivity contribution in [1.82, 2.24) is 15.1 Å². The molecule has 8 heteroatoms. The first-order valence-corrected chi connectivity index (χ1v) is 4.87. The quantitative estimate of drug-likeness (QED) is 0.799. The summed E-state index contributed by atoms with van der Waals surface area (Å²) in [4.78, 5) is 0. The molecule has 0 aliphatic heterocycles. The van der Waals surface area contributed by atoms with Gasteiger partial charge in [0.15, 0.2) is 6.10 Å².